The Morgan fingerprint density at radius 3 is 2.33 bits per heavy atom. The summed E-state index contributed by atoms with van der Waals surface area (Å²) < 4.78 is 0. The molecule has 0 bridgehead atoms. The Bertz CT molecular complexity index is 1020. The molecule has 0 spiro atoms. The van der Waals surface area contributed by atoms with Crippen molar-refractivity contribution in [2.24, 2.45) is 0 Å². The molecule has 1 aliphatic heterocycles. The monoisotopic (exact) mass is 403 g/mol. The molecule has 0 radical (unpaired) electrons. The maximum Gasteiger partial charge on any atom is 0.232 e. The molecule has 1 amide bonds. The van der Waals surface area contributed by atoms with Crippen LogP contribution in [0.2, 0.25) is 0 Å². The molecule has 0 aliphatic carbocycles. The SMILES string of the molecule is CC(=O)Nc1cccc(Nc2ncnc(N3CCN(c4ccccc4)CC3)n2)c1C. The minimum Gasteiger partial charge on any atom is -0.368 e. The summed E-state index contributed by atoms with van der Waals surface area (Å²) in [6, 6.07) is 16.1. The van der Waals surface area contributed by atoms with Gasteiger partial charge in [-0.1, -0.05) is 24.3 Å². The minimum absolute atomic E-state index is 0.104. The van der Waals surface area contributed by atoms with Gasteiger partial charge in [0.1, 0.15) is 6.33 Å². The molecule has 3 aromatic rings. The highest BCUT2D eigenvalue weighted by molar-refractivity contribution is 5.90. The molecule has 0 atom stereocenters. The highest BCUT2D eigenvalue weighted by Crippen LogP contribution is 2.26. The molecule has 4 rings (SSSR count). The smallest absolute Gasteiger partial charge is 0.232 e. The number of carbonyl (C=O) groups excluding carboxylic acids is 1. The van der Waals surface area contributed by atoms with Crippen molar-refractivity contribution >= 4 is 34.9 Å². The van der Waals surface area contributed by atoms with E-state index in [1.54, 1.807) is 0 Å². The number of nitrogens with zero attached hydrogens (tertiary/aromatic N) is 5. The summed E-state index contributed by atoms with van der Waals surface area (Å²) in [5.41, 5.74) is 3.77. The van der Waals surface area contributed by atoms with Gasteiger partial charge in [-0.25, -0.2) is 9.97 Å². The fourth-order valence-electron chi connectivity index (χ4n) is 3.52. The van der Waals surface area contributed by atoms with Crippen molar-refractivity contribution in [2.45, 2.75) is 13.8 Å². The third-order valence-corrected chi connectivity index (χ3v) is 5.13. The van der Waals surface area contributed by atoms with Crippen molar-refractivity contribution in [3.05, 3.63) is 60.4 Å². The minimum atomic E-state index is -0.104. The zero-order valence-corrected chi connectivity index (χ0v) is 17.2. The molecule has 1 saturated heterocycles. The Morgan fingerprint density at radius 2 is 1.60 bits per heavy atom. The molecule has 154 valence electrons. The lowest BCUT2D eigenvalue weighted by Gasteiger charge is -2.36. The fourth-order valence-corrected chi connectivity index (χ4v) is 3.52. The van der Waals surface area contributed by atoms with Gasteiger partial charge in [0, 0.05) is 50.2 Å². The van der Waals surface area contributed by atoms with Gasteiger partial charge in [0.15, 0.2) is 0 Å². The van der Waals surface area contributed by atoms with E-state index in [1.165, 1.54) is 18.9 Å². The van der Waals surface area contributed by atoms with Crippen LogP contribution >= 0.6 is 0 Å². The second-order valence-corrected chi connectivity index (χ2v) is 7.20. The van der Waals surface area contributed by atoms with Crippen LogP contribution in [0.3, 0.4) is 0 Å². The van der Waals surface area contributed by atoms with Crippen molar-refractivity contribution in [3.63, 3.8) is 0 Å². The van der Waals surface area contributed by atoms with E-state index in [4.69, 9.17) is 0 Å². The van der Waals surface area contributed by atoms with Gasteiger partial charge in [0.2, 0.25) is 17.8 Å². The molecular formula is C22H25N7O. The second-order valence-electron chi connectivity index (χ2n) is 7.20. The number of anilines is 5. The highest BCUT2D eigenvalue weighted by Gasteiger charge is 2.19. The maximum atomic E-state index is 11.4. The molecule has 1 aromatic heterocycles. The summed E-state index contributed by atoms with van der Waals surface area (Å²) >= 11 is 0. The standard InChI is InChI=1S/C22H25N7O/c1-16-19(25-17(2)30)9-6-10-20(16)26-21-23-15-24-22(27-21)29-13-11-28(12-14-29)18-7-4-3-5-8-18/h3-10,15H,11-14H2,1-2H3,(H,25,30)(H,23,24,26,27). The van der Waals surface area contributed by atoms with E-state index in [9.17, 15) is 4.79 Å². The average molecular weight is 403 g/mol. The first-order valence-corrected chi connectivity index (χ1v) is 9.98. The lowest BCUT2D eigenvalue weighted by atomic mass is 10.1. The highest BCUT2D eigenvalue weighted by atomic mass is 16.1. The molecule has 1 aliphatic rings. The maximum absolute atomic E-state index is 11.4. The largest absolute Gasteiger partial charge is 0.368 e. The van der Waals surface area contributed by atoms with Crippen LogP contribution in [0, 0.1) is 6.92 Å². The van der Waals surface area contributed by atoms with E-state index < -0.39 is 0 Å². The molecule has 8 nitrogen and oxygen atoms in total. The number of hydrogen-bond donors (Lipinski definition) is 2. The molecular weight excluding hydrogens is 378 g/mol. The van der Waals surface area contributed by atoms with Crippen molar-refractivity contribution in [3.8, 4) is 0 Å². The van der Waals surface area contributed by atoms with E-state index in [0.717, 1.165) is 43.1 Å². The molecule has 0 unspecified atom stereocenters. The number of rotatable bonds is 5. The van der Waals surface area contributed by atoms with Crippen LogP contribution < -0.4 is 20.4 Å². The van der Waals surface area contributed by atoms with Gasteiger partial charge in [-0.3, -0.25) is 4.79 Å². The lowest BCUT2D eigenvalue weighted by molar-refractivity contribution is -0.114. The van der Waals surface area contributed by atoms with Crippen LogP contribution in [0.25, 0.3) is 0 Å². The van der Waals surface area contributed by atoms with Gasteiger partial charge in [0.05, 0.1) is 0 Å². The Morgan fingerprint density at radius 1 is 0.900 bits per heavy atom. The topological polar surface area (TPSA) is 86.3 Å². The first kappa shape index (κ1) is 19.6. The molecule has 2 N–H and O–H groups in total. The Hall–Kier alpha value is -3.68. The van der Waals surface area contributed by atoms with E-state index in [-0.39, 0.29) is 5.91 Å². The second kappa shape index (κ2) is 8.77. The van der Waals surface area contributed by atoms with E-state index >= 15 is 0 Å². The Kier molecular flexibility index (Phi) is 5.74. The number of benzene rings is 2. The number of hydrogen-bond acceptors (Lipinski definition) is 7. The third-order valence-electron chi connectivity index (χ3n) is 5.13. The van der Waals surface area contributed by atoms with E-state index in [2.05, 4.69) is 59.7 Å². The van der Waals surface area contributed by atoms with Crippen LogP contribution in [-0.2, 0) is 4.79 Å². The van der Waals surface area contributed by atoms with Gasteiger partial charge in [-0.2, -0.15) is 4.98 Å². The summed E-state index contributed by atoms with van der Waals surface area (Å²) in [5.74, 6) is 1.04. The molecule has 0 saturated carbocycles. The predicted octanol–water partition coefficient (Wildman–Crippen LogP) is 3.21. The van der Waals surface area contributed by atoms with E-state index in [1.807, 2.05) is 31.2 Å². The first-order valence-electron chi connectivity index (χ1n) is 9.98. The summed E-state index contributed by atoms with van der Waals surface area (Å²) in [4.78, 5) is 29.2. The van der Waals surface area contributed by atoms with Crippen molar-refractivity contribution in [1.82, 2.24) is 15.0 Å². The van der Waals surface area contributed by atoms with E-state index in [0.29, 0.717) is 11.9 Å². The first-order chi connectivity index (χ1) is 14.6. The quantitative estimate of drug-likeness (QED) is 0.676. The van der Waals surface area contributed by atoms with Crippen LogP contribution in [0.4, 0.5) is 29.0 Å². The Labute approximate surface area is 176 Å². The lowest BCUT2D eigenvalue weighted by Crippen LogP contribution is -2.47. The molecule has 8 heteroatoms. The average Bonchev–Trinajstić information content (AvgIpc) is 2.77. The molecule has 1 fully saturated rings. The number of para-hydroxylation sites is 1. The summed E-state index contributed by atoms with van der Waals surface area (Å²) in [7, 11) is 0. The predicted molar refractivity (Wildman–Crippen MR) is 119 cm³/mol. The van der Waals surface area contributed by atoms with Crippen molar-refractivity contribution < 1.29 is 4.79 Å². The number of aromatic nitrogens is 3. The van der Waals surface area contributed by atoms with Crippen LogP contribution in [-0.4, -0.2) is 47.0 Å². The van der Waals surface area contributed by atoms with Crippen LogP contribution in [0.5, 0.6) is 0 Å². The van der Waals surface area contributed by atoms with Gasteiger partial charge < -0.3 is 20.4 Å². The number of piperazine rings is 1. The normalized spacial score (nSPS) is 13.8. The summed E-state index contributed by atoms with van der Waals surface area (Å²) in [6.45, 7) is 6.95. The number of nitrogens with one attached hydrogen (secondary N) is 2. The van der Waals surface area contributed by atoms with Gasteiger partial charge in [0.25, 0.3) is 0 Å². The van der Waals surface area contributed by atoms with Crippen LogP contribution in [0.1, 0.15) is 12.5 Å². The molecule has 2 aromatic carbocycles. The van der Waals surface area contributed by atoms with Crippen molar-refractivity contribution in [1.29, 1.82) is 0 Å². The van der Waals surface area contributed by atoms with Crippen LogP contribution in [0.15, 0.2) is 54.9 Å². The van der Waals surface area contributed by atoms with Gasteiger partial charge in [-0.05, 0) is 36.8 Å². The fraction of sp³-hybridized carbons (Fsp3) is 0.273. The van der Waals surface area contributed by atoms with Crippen molar-refractivity contribution in [2.75, 3.05) is 46.6 Å². The zero-order chi connectivity index (χ0) is 20.9. The van der Waals surface area contributed by atoms with Gasteiger partial charge >= 0.3 is 0 Å². The van der Waals surface area contributed by atoms with Gasteiger partial charge in [-0.15, -0.1) is 0 Å². The molecule has 2 heterocycles. The zero-order valence-electron chi connectivity index (χ0n) is 17.2. The summed E-state index contributed by atoms with van der Waals surface area (Å²) in [6.07, 6.45) is 1.53. The number of carbonyl (C=O) groups is 1. The summed E-state index contributed by atoms with van der Waals surface area (Å²) in [5, 5.41) is 6.08. The molecule has 30 heavy (non-hydrogen) atoms. The number of amides is 1. The third kappa shape index (κ3) is 4.48. The Balaban J connectivity index is 1.45.